The monoisotopic (exact) mass is 254 g/mol. The topological polar surface area (TPSA) is 43.8 Å². The fraction of sp³-hybridized carbons (Fsp3) is 0.929. The molecule has 4 nitrogen and oxygen atoms in total. The quantitative estimate of drug-likeness (QED) is 0.810. The maximum Gasteiger partial charge on any atom is 0.303 e. The summed E-state index contributed by atoms with van der Waals surface area (Å²) in [6, 6.07) is 0.705. The Kier molecular flexibility index (Phi) is 5.01. The van der Waals surface area contributed by atoms with Crippen molar-refractivity contribution in [2.45, 2.75) is 45.1 Å². The van der Waals surface area contributed by atoms with Crippen molar-refractivity contribution >= 4 is 5.97 Å². The summed E-state index contributed by atoms with van der Waals surface area (Å²) in [6.07, 6.45) is 5.45. The molecular formula is C14H26N2O2. The van der Waals surface area contributed by atoms with Gasteiger partial charge in [-0.05, 0) is 51.2 Å². The van der Waals surface area contributed by atoms with E-state index in [9.17, 15) is 4.79 Å². The van der Waals surface area contributed by atoms with Gasteiger partial charge in [0, 0.05) is 19.1 Å². The van der Waals surface area contributed by atoms with Crippen LogP contribution in [0.25, 0.3) is 0 Å². The highest BCUT2D eigenvalue weighted by Crippen LogP contribution is 2.26. The molecule has 2 heterocycles. The summed E-state index contributed by atoms with van der Waals surface area (Å²) in [6.45, 7) is 7.95. The van der Waals surface area contributed by atoms with Crippen LogP contribution < -0.4 is 0 Å². The minimum absolute atomic E-state index is 0.352. The Morgan fingerprint density at radius 2 is 2.06 bits per heavy atom. The van der Waals surface area contributed by atoms with E-state index < -0.39 is 5.97 Å². The number of carbonyl (C=O) groups is 1. The first kappa shape index (κ1) is 13.8. The summed E-state index contributed by atoms with van der Waals surface area (Å²) in [5, 5.41) is 8.76. The minimum Gasteiger partial charge on any atom is -0.481 e. The predicted molar refractivity (Wildman–Crippen MR) is 71.7 cm³/mol. The number of likely N-dealkylation sites (tertiary alicyclic amines) is 2. The van der Waals surface area contributed by atoms with Crippen LogP contribution in [0.15, 0.2) is 0 Å². The maximum absolute atomic E-state index is 10.6. The largest absolute Gasteiger partial charge is 0.481 e. The van der Waals surface area contributed by atoms with Gasteiger partial charge in [0.2, 0.25) is 0 Å². The highest BCUT2D eigenvalue weighted by atomic mass is 16.4. The Morgan fingerprint density at radius 3 is 2.72 bits per heavy atom. The first-order valence-electron chi connectivity index (χ1n) is 7.37. The Bertz CT molecular complexity index is 277. The number of nitrogens with zero attached hydrogens (tertiary/aromatic N) is 2. The zero-order chi connectivity index (χ0) is 13.0. The number of carboxylic acids is 1. The van der Waals surface area contributed by atoms with Gasteiger partial charge >= 0.3 is 5.97 Å². The molecule has 18 heavy (non-hydrogen) atoms. The van der Waals surface area contributed by atoms with Gasteiger partial charge in [0.25, 0.3) is 0 Å². The summed E-state index contributed by atoms with van der Waals surface area (Å²) < 4.78 is 0. The maximum atomic E-state index is 10.6. The van der Waals surface area contributed by atoms with Crippen LogP contribution in [0.3, 0.4) is 0 Å². The zero-order valence-electron chi connectivity index (χ0n) is 11.5. The summed E-state index contributed by atoms with van der Waals surface area (Å²) in [5.41, 5.74) is 0. The molecule has 0 aromatic carbocycles. The first-order valence-corrected chi connectivity index (χ1v) is 7.37. The molecule has 0 spiro atoms. The normalized spacial score (nSPS) is 27.7. The Hall–Kier alpha value is -0.610. The van der Waals surface area contributed by atoms with Gasteiger partial charge in [0.15, 0.2) is 0 Å². The second-order valence-corrected chi connectivity index (χ2v) is 5.84. The third kappa shape index (κ3) is 3.69. The highest BCUT2D eigenvalue weighted by molar-refractivity contribution is 5.67. The van der Waals surface area contributed by atoms with E-state index in [1.807, 2.05) is 0 Å². The fourth-order valence-electron chi connectivity index (χ4n) is 3.33. The molecule has 2 saturated heterocycles. The molecule has 1 atom stereocenters. The third-order valence-electron chi connectivity index (χ3n) is 4.30. The Morgan fingerprint density at radius 1 is 1.28 bits per heavy atom. The van der Waals surface area contributed by atoms with Gasteiger partial charge < -0.3 is 10.0 Å². The number of aliphatic carboxylic acids is 1. The van der Waals surface area contributed by atoms with Crippen molar-refractivity contribution in [2.24, 2.45) is 5.92 Å². The van der Waals surface area contributed by atoms with Crippen LogP contribution >= 0.6 is 0 Å². The molecule has 1 N–H and O–H groups in total. The van der Waals surface area contributed by atoms with Crippen LogP contribution in [0.2, 0.25) is 0 Å². The van der Waals surface area contributed by atoms with Crippen molar-refractivity contribution in [3.05, 3.63) is 0 Å². The molecule has 0 bridgehead atoms. The van der Waals surface area contributed by atoms with Crippen molar-refractivity contribution in [3.63, 3.8) is 0 Å². The van der Waals surface area contributed by atoms with Gasteiger partial charge in [-0.15, -0.1) is 0 Å². The third-order valence-corrected chi connectivity index (χ3v) is 4.30. The van der Waals surface area contributed by atoms with Crippen LogP contribution in [0, 0.1) is 5.92 Å². The van der Waals surface area contributed by atoms with Crippen LogP contribution in [0.4, 0.5) is 0 Å². The molecule has 0 aliphatic carbocycles. The summed E-state index contributed by atoms with van der Waals surface area (Å²) in [7, 11) is 0. The number of rotatable bonds is 5. The Balaban J connectivity index is 1.70. The molecule has 0 amide bonds. The lowest BCUT2D eigenvalue weighted by molar-refractivity contribution is -0.139. The van der Waals surface area contributed by atoms with E-state index in [1.165, 1.54) is 45.3 Å². The predicted octanol–water partition coefficient (Wildman–Crippen LogP) is 1.66. The van der Waals surface area contributed by atoms with Crippen LogP contribution in [0.5, 0.6) is 0 Å². The van der Waals surface area contributed by atoms with E-state index in [0.29, 0.717) is 18.4 Å². The molecule has 0 radical (unpaired) electrons. The van der Waals surface area contributed by atoms with Gasteiger partial charge in [-0.25, -0.2) is 0 Å². The van der Waals surface area contributed by atoms with Crippen LogP contribution in [-0.4, -0.2) is 59.6 Å². The van der Waals surface area contributed by atoms with Gasteiger partial charge in [0.05, 0.1) is 6.42 Å². The standard InChI is InChI=1S/C14H26N2O2/c1-2-6-15-7-3-4-13(5-8-15)16-10-12(11-16)9-14(17)18/h12-13H,2-11H2,1H3,(H,17,18). The summed E-state index contributed by atoms with van der Waals surface area (Å²) in [4.78, 5) is 15.7. The molecule has 0 aromatic heterocycles. The molecule has 2 aliphatic heterocycles. The average Bonchev–Trinajstić information content (AvgIpc) is 2.49. The second kappa shape index (κ2) is 6.53. The van der Waals surface area contributed by atoms with Crippen LogP contribution in [-0.2, 0) is 4.79 Å². The van der Waals surface area contributed by atoms with Crippen molar-refractivity contribution in [3.8, 4) is 0 Å². The van der Waals surface area contributed by atoms with Crippen LogP contribution in [0.1, 0.15) is 39.0 Å². The smallest absolute Gasteiger partial charge is 0.303 e. The van der Waals surface area contributed by atoms with Crippen molar-refractivity contribution in [2.75, 3.05) is 32.7 Å². The van der Waals surface area contributed by atoms with Gasteiger partial charge in [-0.1, -0.05) is 6.92 Å². The minimum atomic E-state index is -0.644. The SMILES string of the molecule is CCCN1CCCC(N2CC(CC(=O)O)C2)CC1. The lowest BCUT2D eigenvalue weighted by Gasteiger charge is -2.44. The van der Waals surface area contributed by atoms with E-state index in [1.54, 1.807) is 0 Å². The van der Waals surface area contributed by atoms with E-state index in [4.69, 9.17) is 5.11 Å². The summed E-state index contributed by atoms with van der Waals surface area (Å²) in [5.74, 6) is -0.243. The van der Waals surface area contributed by atoms with Crippen molar-refractivity contribution in [1.82, 2.24) is 9.80 Å². The van der Waals surface area contributed by atoms with E-state index >= 15 is 0 Å². The Labute approximate surface area is 110 Å². The molecule has 0 saturated carbocycles. The molecule has 2 aliphatic rings. The summed E-state index contributed by atoms with van der Waals surface area (Å²) >= 11 is 0. The molecule has 2 rings (SSSR count). The van der Waals surface area contributed by atoms with E-state index in [2.05, 4.69) is 16.7 Å². The molecule has 104 valence electrons. The zero-order valence-corrected chi connectivity index (χ0v) is 11.5. The number of hydrogen-bond acceptors (Lipinski definition) is 3. The van der Waals surface area contributed by atoms with E-state index in [0.717, 1.165) is 13.1 Å². The molecule has 4 heteroatoms. The highest BCUT2D eigenvalue weighted by Gasteiger charge is 2.33. The van der Waals surface area contributed by atoms with Crippen molar-refractivity contribution in [1.29, 1.82) is 0 Å². The van der Waals surface area contributed by atoms with Crippen molar-refractivity contribution < 1.29 is 9.90 Å². The van der Waals surface area contributed by atoms with E-state index in [-0.39, 0.29) is 0 Å². The van der Waals surface area contributed by atoms with Gasteiger partial charge in [-0.2, -0.15) is 0 Å². The molecular weight excluding hydrogens is 228 g/mol. The average molecular weight is 254 g/mol. The lowest BCUT2D eigenvalue weighted by atomic mass is 9.92. The number of carboxylic acid groups (broad SMARTS) is 1. The molecule has 1 unspecified atom stereocenters. The van der Waals surface area contributed by atoms with Gasteiger partial charge in [0.1, 0.15) is 0 Å². The fourth-order valence-corrected chi connectivity index (χ4v) is 3.33. The second-order valence-electron chi connectivity index (χ2n) is 5.84. The molecule has 0 aromatic rings. The lowest BCUT2D eigenvalue weighted by Crippen LogP contribution is -2.52. The first-order chi connectivity index (χ1) is 8.69. The van der Waals surface area contributed by atoms with Gasteiger partial charge in [-0.3, -0.25) is 9.69 Å². The molecule has 2 fully saturated rings. The number of hydrogen-bond donors (Lipinski definition) is 1.